The zero-order valence-corrected chi connectivity index (χ0v) is 14.2. The molecule has 0 saturated carbocycles. The van der Waals surface area contributed by atoms with Crippen LogP contribution in [0.3, 0.4) is 0 Å². The highest BCUT2D eigenvalue weighted by atomic mass is 32.2. The fourth-order valence-electron chi connectivity index (χ4n) is 3.09. The first-order valence-corrected chi connectivity index (χ1v) is 9.57. The average Bonchev–Trinajstić information content (AvgIpc) is 3.13. The molecule has 9 heteroatoms. The minimum atomic E-state index is -3.76. The Kier molecular flexibility index (Phi) is 5.24. The topological polar surface area (TPSA) is 100 Å². The molecule has 0 radical (unpaired) electrons. The van der Waals surface area contributed by atoms with E-state index in [1.54, 1.807) is 4.90 Å². The summed E-state index contributed by atoms with van der Waals surface area (Å²) in [5.74, 6) is -0.389. The van der Waals surface area contributed by atoms with Crippen LogP contribution in [0.4, 0.5) is 0 Å². The van der Waals surface area contributed by atoms with E-state index in [0.717, 1.165) is 19.3 Å². The van der Waals surface area contributed by atoms with Crippen LogP contribution < -0.4 is 0 Å². The third-order valence-corrected chi connectivity index (χ3v) is 6.23. The number of aliphatic hydroxyl groups is 1. The molecule has 1 atom stereocenters. The van der Waals surface area contributed by atoms with Gasteiger partial charge in [-0.1, -0.05) is 0 Å². The number of amides is 1. The number of sulfonamides is 1. The number of hydrogen-bond acceptors (Lipinski definition) is 6. The molecule has 134 valence electrons. The van der Waals surface area contributed by atoms with Crippen molar-refractivity contribution in [2.75, 3.05) is 39.5 Å². The summed E-state index contributed by atoms with van der Waals surface area (Å²) < 4.78 is 36.9. The number of hydrogen-bond donors (Lipinski definition) is 1. The molecule has 2 aliphatic heterocycles. The minimum Gasteiger partial charge on any atom is -0.438 e. The number of rotatable bonds is 4. The molecule has 2 saturated heterocycles. The van der Waals surface area contributed by atoms with Gasteiger partial charge < -0.3 is 19.2 Å². The molecule has 1 unspecified atom stereocenters. The van der Waals surface area contributed by atoms with Crippen LogP contribution in [-0.2, 0) is 14.8 Å². The van der Waals surface area contributed by atoms with E-state index < -0.39 is 10.0 Å². The van der Waals surface area contributed by atoms with E-state index in [4.69, 9.17) is 9.15 Å². The lowest BCUT2D eigenvalue weighted by molar-refractivity contribution is 0.0467. The molecule has 2 aliphatic rings. The van der Waals surface area contributed by atoms with Gasteiger partial charge in [0.25, 0.3) is 15.9 Å². The zero-order valence-electron chi connectivity index (χ0n) is 13.4. The second-order valence-electron chi connectivity index (χ2n) is 5.97. The molecular formula is C15H22N2O6S. The third-order valence-electron chi connectivity index (χ3n) is 4.46. The highest BCUT2D eigenvalue weighted by Crippen LogP contribution is 2.23. The Hall–Kier alpha value is -1.42. The van der Waals surface area contributed by atoms with Gasteiger partial charge in [-0.2, -0.15) is 4.31 Å². The van der Waals surface area contributed by atoms with E-state index in [1.807, 2.05) is 0 Å². The number of likely N-dealkylation sites (tertiary alicyclic amines) is 1. The van der Waals surface area contributed by atoms with E-state index in [2.05, 4.69) is 0 Å². The Morgan fingerprint density at radius 1 is 1.21 bits per heavy atom. The van der Waals surface area contributed by atoms with Crippen LogP contribution >= 0.6 is 0 Å². The normalized spacial score (nSPS) is 23.4. The first-order valence-electron chi connectivity index (χ1n) is 8.13. The number of carbonyl (C=O) groups is 1. The summed E-state index contributed by atoms with van der Waals surface area (Å²) in [6, 6.07) is 2.46. The maximum absolute atomic E-state index is 12.6. The number of aliphatic hydroxyl groups excluding tert-OH is 1. The summed E-state index contributed by atoms with van der Waals surface area (Å²) in [6.45, 7) is 1.66. The molecule has 24 heavy (non-hydrogen) atoms. The van der Waals surface area contributed by atoms with Crippen molar-refractivity contribution in [3.05, 3.63) is 17.9 Å². The fourth-order valence-corrected chi connectivity index (χ4v) is 4.41. The number of nitrogens with zero attached hydrogens (tertiary/aromatic N) is 2. The highest BCUT2D eigenvalue weighted by Gasteiger charge is 2.32. The van der Waals surface area contributed by atoms with Gasteiger partial charge >= 0.3 is 0 Å². The number of carbonyl (C=O) groups excluding carboxylic acids is 1. The summed E-state index contributed by atoms with van der Waals surface area (Å²) in [5.41, 5.74) is 0. The second kappa shape index (κ2) is 7.22. The monoisotopic (exact) mass is 358 g/mol. The maximum Gasteiger partial charge on any atom is 0.289 e. The maximum atomic E-state index is 12.6. The zero-order chi connectivity index (χ0) is 17.2. The van der Waals surface area contributed by atoms with Crippen LogP contribution in [0.1, 0.15) is 29.8 Å². The van der Waals surface area contributed by atoms with Gasteiger partial charge in [0.15, 0.2) is 5.76 Å². The first kappa shape index (κ1) is 17.4. The lowest BCUT2D eigenvalue weighted by Crippen LogP contribution is -2.45. The highest BCUT2D eigenvalue weighted by molar-refractivity contribution is 7.89. The number of morpholine rings is 1. The molecule has 0 aromatic carbocycles. The molecular weight excluding hydrogens is 336 g/mol. The Morgan fingerprint density at radius 3 is 2.67 bits per heavy atom. The van der Waals surface area contributed by atoms with Crippen molar-refractivity contribution >= 4 is 15.9 Å². The average molecular weight is 358 g/mol. The molecule has 0 spiro atoms. The molecule has 0 bridgehead atoms. The van der Waals surface area contributed by atoms with Gasteiger partial charge in [0.2, 0.25) is 5.09 Å². The van der Waals surface area contributed by atoms with E-state index in [-0.39, 0.29) is 42.5 Å². The quantitative estimate of drug-likeness (QED) is 0.830. The Balaban J connectivity index is 1.78. The van der Waals surface area contributed by atoms with Crippen molar-refractivity contribution in [3.63, 3.8) is 0 Å². The van der Waals surface area contributed by atoms with E-state index in [9.17, 15) is 18.3 Å². The van der Waals surface area contributed by atoms with Gasteiger partial charge in [0, 0.05) is 19.6 Å². The lowest BCUT2D eigenvalue weighted by Gasteiger charge is -2.33. The van der Waals surface area contributed by atoms with Crippen molar-refractivity contribution < 1.29 is 27.5 Å². The van der Waals surface area contributed by atoms with Crippen LogP contribution in [0, 0.1) is 0 Å². The third kappa shape index (κ3) is 3.34. The number of ether oxygens (including phenoxy) is 1. The van der Waals surface area contributed by atoms with Gasteiger partial charge in [-0.05, 0) is 31.4 Å². The van der Waals surface area contributed by atoms with Gasteiger partial charge in [-0.3, -0.25) is 4.79 Å². The van der Waals surface area contributed by atoms with Crippen LogP contribution in [0.15, 0.2) is 21.6 Å². The van der Waals surface area contributed by atoms with Crippen LogP contribution in [-0.4, -0.2) is 74.1 Å². The van der Waals surface area contributed by atoms with Crippen molar-refractivity contribution in [2.24, 2.45) is 0 Å². The molecule has 1 amide bonds. The summed E-state index contributed by atoms with van der Waals surface area (Å²) in [7, 11) is -3.76. The molecule has 2 fully saturated rings. The van der Waals surface area contributed by atoms with Crippen molar-refractivity contribution in [1.82, 2.24) is 9.21 Å². The summed E-state index contributed by atoms with van der Waals surface area (Å²) in [4.78, 5) is 14.1. The number of furan rings is 1. The number of piperidine rings is 1. The van der Waals surface area contributed by atoms with Crippen molar-refractivity contribution in [3.8, 4) is 0 Å². The van der Waals surface area contributed by atoms with Crippen LogP contribution in [0.2, 0.25) is 0 Å². The predicted molar refractivity (Wildman–Crippen MR) is 84.0 cm³/mol. The minimum absolute atomic E-state index is 0.0119. The van der Waals surface area contributed by atoms with Crippen LogP contribution in [0.25, 0.3) is 0 Å². The van der Waals surface area contributed by atoms with Crippen LogP contribution in [0.5, 0.6) is 0 Å². The molecule has 1 aromatic rings. The SMILES string of the molecule is O=C(c1ccc(S(=O)(=O)N2CCOCC2)o1)N1CCCCC1CO. The van der Waals surface area contributed by atoms with Gasteiger partial charge in [-0.25, -0.2) is 8.42 Å². The van der Waals surface area contributed by atoms with E-state index >= 15 is 0 Å². The summed E-state index contributed by atoms with van der Waals surface area (Å²) in [6.07, 6.45) is 2.56. The predicted octanol–water partition coefficient (Wildman–Crippen LogP) is 0.287. The summed E-state index contributed by atoms with van der Waals surface area (Å²) in [5, 5.41) is 9.19. The van der Waals surface area contributed by atoms with Gasteiger partial charge in [-0.15, -0.1) is 0 Å². The molecule has 0 aliphatic carbocycles. The summed E-state index contributed by atoms with van der Waals surface area (Å²) >= 11 is 0. The largest absolute Gasteiger partial charge is 0.438 e. The smallest absolute Gasteiger partial charge is 0.289 e. The Labute approximate surface area is 141 Å². The standard InChI is InChI=1S/C15H22N2O6S/c18-11-12-3-1-2-6-17(12)15(19)13-4-5-14(23-13)24(20,21)16-7-9-22-10-8-16/h4-5,12,18H,1-3,6-11H2. The van der Waals surface area contributed by atoms with E-state index in [1.165, 1.54) is 16.4 Å². The Morgan fingerprint density at radius 2 is 1.96 bits per heavy atom. The molecule has 1 aromatic heterocycles. The molecule has 3 rings (SSSR count). The van der Waals surface area contributed by atoms with Gasteiger partial charge in [0.1, 0.15) is 0 Å². The Bertz CT molecular complexity index is 680. The van der Waals surface area contributed by atoms with Crippen molar-refractivity contribution in [2.45, 2.75) is 30.4 Å². The molecule has 1 N–H and O–H groups in total. The first-order chi connectivity index (χ1) is 11.5. The fraction of sp³-hybridized carbons (Fsp3) is 0.667. The van der Waals surface area contributed by atoms with Gasteiger partial charge in [0.05, 0.1) is 25.9 Å². The molecule has 8 nitrogen and oxygen atoms in total. The molecule has 3 heterocycles. The van der Waals surface area contributed by atoms with Crippen molar-refractivity contribution in [1.29, 1.82) is 0 Å². The lowest BCUT2D eigenvalue weighted by atomic mass is 10.0. The second-order valence-corrected chi connectivity index (χ2v) is 7.83. The van der Waals surface area contributed by atoms with E-state index in [0.29, 0.717) is 19.8 Å².